The van der Waals surface area contributed by atoms with Crippen LogP contribution in [0.1, 0.15) is 12.8 Å². The molecular formula is C6H11N3. The summed E-state index contributed by atoms with van der Waals surface area (Å²) in [5, 5.41) is 0. The number of fused-ring (bicyclic) bond motifs is 1. The Morgan fingerprint density at radius 3 is 3.33 bits per heavy atom. The van der Waals surface area contributed by atoms with E-state index >= 15 is 0 Å². The van der Waals surface area contributed by atoms with Crippen LogP contribution in [0.15, 0.2) is 4.99 Å². The van der Waals surface area contributed by atoms with E-state index in [-0.39, 0.29) is 0 Å². The Bertz CT molecular complexity index is 141. The molecule has 2 rings (SSSR count). The van der Waals surface area contributed by atoms with Crippen LogP contribution in [0.3, 0.4) is 0 Å². The first-order chi connectivity index (χ1) is 4.47. The fraction of sp³-hybridized carbons (Fsp3) is 0.833. The lowest BCUT2D eigenvalue weighted by atomic mass is 10.0. The second kappa shape index (κ2) is 1.99. The van der Waals surface area contributed by atoms with Gasteiger partial charge in [0.25, 0.3) is 0 Å². The van der Waals surface area contributed by atoms with Gasteiger partial charge in [0, 0.05) is 19.0 Å². The van der Waals surface area contributed by atoms with Gasteiger partial charge < -0.3 is 5.43 Å². The molecule has 0 radical (unpaired) electrons. The average Bonchev–Trinajstić information content (AvgIpc) is 2.33. The van der Waals surface area contributed by atoms with Crippen molar-refractivity contribution >= 4 is 5.84 Å². The van der Waals surface area contributed by atoms with Crippen LogP contribution in [0.4, 0.5) is 0 Å². The highest BCUT2D eigenvalue weighted by molar-refractivity contribution is 5.86. The first kappa shape index (κ1) is 5.23. The summed E-state index contributed by atoms with van der Waals surface area (Å²) in [7, 11) is 0. The first-order valence-electron chi connectivity index (χ1n) is 3.50. The largest absolute Gasteiger partial charge is 0.309 e. The van der Waals surface area contributed by atoms with Gasteiger partial charge in [0.15, 0.2) is 0 Å². The molecule has 0 amide bonds. The Balaban J connectivity index is 2.09. The summed E-state index contributed by atoms with van der Waals surface area (Å²) in [6.07, 6.45) is 2.51. The Kier molecular flexibility index (Phi) is 1.16. The topological polar surface area (TPSA) is 36.4 Å². The summed E-state index contributed by atoms with van der Waals surface area (Å²) in [4.78, 5) is 4.30. The van der Waals surface area contributed by atoms with Crippen molar-refractivity contribution in [1.29, 1.82) is 0 Å². The van der Waals surface area contributed by atoms with Gasteiger partial charge in [-0.05, 0) is 12.8 Å². The van der Waals surface area contributed by atoms with E-state index in [2.05, 4.69) is 15.8 Å². The zero-order chi connectivity index (χ0) is 6.10. The third kappa shape index (κ3) is 0.812. The minimum absolute atomic E-state index is 0.742. The molecule has 1 atom stereocenters. The first-order valence-corrected chi connectivity index (χ1v) is 3.50. The number of nitrogens with one attached hydrogen (secondary N) is 2. The third-order valence-electron chi connectivity index (χ3n) is 1.98. The highest BCUT2D eigenvalue weighted by atomic mass is 15.4. The predicted molar refractivity (Wildman–Crippen MR) is 36.2 cm³/mol. The van der Waals surface area contributed by atoms with Gasteiger partial charge in [0.2, 0.25) is 0 Å². The van der Waals surface area contributed by atoms with E-state index in [1.807, 2.05) is 0 Å². The number of rotatable bonds is 0. The van der Waals surface area contributed by atoms with Crippen molar-refractivity contribution in [3.63, 3.8) is 0 Å². The summed E-state index contributed by atoms with van der Waals surface area (Å²) in [5.41, 5.74) is 6.16. The molecule has 0 aliphatic carbocycles. The van der Waals surface area contributed by atoms with Gasteiger partial charge in [-0.2, -0.15) is 0 Å². The summed E-state index contributed by atoms with van der Waals surface area (Å²) >= 11 is 0. The van der Waals surface area contributed by atoms with E-state index in [0.29, 0.717) is 0 Å². The predicted octanol–water partition coefficient (Wildman–Crippen LogP) is -0.0973. The van der Waals surface area contributed by atoms with Crippen LogP contribution in [0.25, 0.3) is 0 Å². The molecule has 2 aliphatic heterocycles. The number of aliphatic imine (C=N–C) groups is 1. The molecule has 0 spiro atoms. The quantitative estimate of drug-likeness (QED) is 0.474. The third-order valence-corrected chi connectivity index (χ3v) is 1.98. The standard InChI is InChI=1S/C6H11N3/c1-3-7-6-5(1)2-4-8-9-6/h5,8H,1-4H2,(H,7,9). The lowest BCUT2D eigenvalue weighted by molar-refractivity contribution is 0.487. The van der Waals surface area contributed by atoms with Crippen molar-refractivity contribution in [1.82, 2.24) is 10.9 Å². The van der Waals surface area contributed by atoms with Crippen molar-refractivity contribution < 1.29 is 0 Å². The highest BCUT2D eigenvalue weighted by Crippen LogP contribution is 2.17. The van der Waals surface area contributed by atoms with Crippen LogP contribution in [0, 0.1) is 5.92 Å². The maximum Gasteiger partial charge on any atom is 0.114 e. The highest BCUT2D eigenvalue weighted by Gasteiger charge is 2.22. The van der Waals surface area contributed by atoms with Gasteiger partial charge in [-0.25, -0.2) is 5.43 Å². The van der Waals surface area contributed by atoms with Gasteiger partial charge in [0.05, 0.1) is 0 Å². The monoisotopic (exact) mass is 125 g/mol. The van der Waals surface area contributed by atoms with Crippen LogP contribution < -0.4 is 10.9 Å². The van der Waals surface area contributed by atoms with Crippen molar-refractivity contribution in [2.45, 2.75) is 12.8 Å². The lowest BCUT2D eigenvalue weighted by Crippen LogP contribution is -2.46. The van der Waals surface area contributed by atoms with Gasteiger partial charge in [0.1, 0.15) is 5.84 Å². The molecule has 0 bridgehead atoms. The van der Waals surface area contributed by atoms with E-state index in [4.69, 9.17) is 0 Å². The molecule has 50 valence electrons. The van der Waals surface area contributed by atoms with E-state index in [1.54, 1.807) is 0 Å². The minimum Gasteiger partial charge on any atom is -0.309 e. The maximum atomic E-state index is 4.30. The van der Waals surface area contributed by atoms with Crippen LogP contribution in [-0.2, 0) is 0 Å². The zero-order valence-corrected chi connectivity index (χ0v) is 5.35. The van der Waals surface area contributed by atoms with Gasteiger partial charge in [-0.15, -0.1) is 0 Å². The van der Waals surface area contributed by atoms with Crippen molar-refractivity contribution in [2.75, 3.05) is 13.1 Å². The molecule has 1 saturated heterocycles. The number of hydrogen-bond donors (Lipinski definition) is 2. The SMILES string of the molecule is C1CC2CCNNC2=N1. The molecule has 9 heavy (non-hydrogen) atoms. The molecule has 1 unspecified atom stereocenters. The van der Waals surface area contributed by atoms with Crippen LogP contribution in [-0.4, -0.2) is 18.9 Å². The molecule has 3 heteroatoms. The molecule has 0 aromatic rings. The summed E-state index contributed by atoms with van der Waals surface area (Å²) in [5.74, 6) is 1.92. The molecule has 2 N–H and O–H groups in total. The van der Waals surface area contributed by atoms with Crippen molar-refractivity contribution in [3.8, 4) is 0 Å². The molecule has 2 heterocycles. The second-order valence-corrected chi connectivity index (χ2v) is 2.59. The van der Waals surface area contributed by atoms with E-state index in [1.165, 1.54) is 18.7 Å². The molecule has 1 fully saturated rings. The number of hydrazine groups is 1. The number of nitrogens with zero attached hydrogens (tertiary/aromatic N) is 1. The maximum absolute atomic E-state index is 4.30. The molecule has 0 aromatic carbocycles. The minimum atomic E-state index is 0.742. The van der Waals surface area contributed by atoms with Gasteiger partial charge >= 0.3 is 0 Å². The smallest absolute Gasteiger partial charge is 0.114 e. The molecule has 0 aromatic heterocycles. The Morgan fingerprint density at radius 1 is 1.44 bits per heavy atom. The van der Waals surface area contributed by atoms with Gasteiger partial charge in [-0.1, -0.05) is 0 Å². The van der Waals surface area contributed by atoms with E-state index < -0.39 is 0 Å². The lowest BCUT2D eigenvalue weighted by Gasteiger charge is -2.20. The van der Waals surface area contributed by atoms with E-state index in [9.17, 15) is 0 Å². The van der Waals surface area contributed by atoms with Gasteiger partial charge in [-0.3, -0.25) is 4.99 Å². The Labute approximate surface area is 54.5 Å². The Morgan fingerprint density at radius 2 is 2.44 bits per heavy atom. The Hall–Kier alpha value is -0.570. The second-order valence-electron chi connectivity index (χ2n) is 2.59. The van der Waals surface area contributed by atoms with Crippen LogP contribution >= 0.6 is 0 Å². The average molecular weight is 125 g/mol. The fourth-order valence-electron chi connectivity index (χ4n) is 1.43. The number of hydrogen-bond acceptors (Lipinski definition) is 3. The van der Waals surface area contributed by atoms with Crippen LogP contribution in [0.2, 0.25) is 0 Å². The molecule has 0 saturated carbocycles. The number of amidine groups is 1. The zero-order valence-electron chi connectivity index (χ0n) is 5.35. The fourth-order valence-corrected chi connectivity index (χ4v) is 1.43. The molecule has 2 aliphatic rings. The van der Waals surface area contributed by atoms with Crippen LogP contribution in [0.5, 0.6) is 0 Å². The summed E-state index contributed by atoms with van der Waals surface area (Å²) in [6, 6.07) is 0. The van der Waals surface area contributed by atoms with E-state index in [0.717, 1.165) is 19.0 Å². The summed E-state index contributed by atoms with van der Waals surface area (Å²) in [6.45, 7) is 2.11. The molecule has 3 nitrogen and oxygen atoms in total. The normalized spacial score (nSPS) is 32.9. The van der Waals surface area contributed by atoms with Crippen molar-refractivity contribution in [3.05, 3.63) is 0 Å². The molecular weight excluding hydrogens is 114 g/mol. The summed E-state index contributed by atoms with van der Waals surface area (Å²) < 4.78 is 0. The van der Waals surface area contributed by atoms with Crippen molar-refractivity contribution in [2.24, 2.45) is 10.9 Å².